The van der Waals surface area contributed by atoms with Crippen LogP contribution in [-0.2, 0) is 32.4 Å². The van der Waals surface area contributed by atoms with Crippen LogP contribution in [0.5, 0.6) is 5.75 Å². The number of benzene rings is 1. The zero-order chi connectivity index (χ0) is 30.8. The number of halogens is 5. The fourth-order valence-corrected chi connectivity index (χ4v) is 5.33. The summed E-state index contributed by atoms with van der Waals surface area (Å²) in [7, 11) is -5.83. The van der Waals surface area contributed by atoms with E-state index in [-0.39, 0.29) is 25.3 Å². The normalized spacial score (nSPS) is 19.1. The van der Waals surface area contributed by atoms with Crippen LogP contribution in [0.1, 0.15) is 70.5 Å². The SMILES string of the molecule is CC.CC(C)(C)OC(=O)N1CC(COC(F)F)CC1c1ncc(-c2ccc(OS(=O)(=O)C(F)(F)F)c3c2CCC3)[nH]1. The molecule has 1 saturated heterocycles. The third-order valence-electron chi connectivity index (χ3n) is 6.40. The van der Waals surface area contributed by atoms with Gasteiger partial charge in [-0.25, -0.2) is 9.78 Å². The van der Waals surface area contributed by atoms with Crippen LogP contribution in [-0.4, -0.2) is 60.3 Å². The number of carbonyl (C=O) groups excluding carboxylic acids is 1. The maximum atomic E-state index is 12.9. The summed E-state index contributed by atoms with van der Waals surface area (Å²) in [5.41, 5.74) is -4.29. The van der Waals surface area contributed by atoms with Crippen molar-refractivity contribution in [1.29, 1.82) is 0 Å². The van der Waals surface area contributed by atoms with E-state index in [0.717, 1.165) is 0 Å². The van der Waals surface area contributed by atoms with E-state index in [9.17, 15) is 35.2 Å². The van der Waals surface area contributed by atoms with Gasteiger partial charge in [0.25, 0.3) is 0 Å². The van der Waals surface area contributed by atoms with Crippen molar-refractivity contribution < 1.29 is 48.8 Å². The Morgan fingerprint density at radius 3 is 2.41 bits per heavy atom. The minimum Gasteiger partial charge on any atom is -0.444 e. The van der Waals surface area contributed by atoms with Gasteiger partial charge in [-0.1, -0.05) is 13.8 Å². The number of ether oxygens (including phenoxy) is 2. The van der Waals surface area contributed by atoms with E-state index < -0.39 is 45.9 Å². The van der Waals surface area contributed by atoms with Crippen molar-refractivity contribution in [2.75, 3.05) is 13.2 Å². The minimum atomic E-state index is -5.83. The van der Waals surface area contributed by atoms with Gasteiger partial charge in [0, 0.05) is 18.0 Å². The molecule has 1 N–H and O–H groups in total. The number of H-pyrrole nitrogens is 1. The van der Waals surface area contributed by atoms with Gasteiger partial charge in [0.05, 0.1) is 24.5 Å². The van der Waals surface area contributed by atoms with Gasteiger partial charge >= 0.3 is 28.3 Å². The molecular formula is C26H34F5N3O6S. The highest BCUT2D eigenvalue weighted by atomic mass is 32.2. The van der Waals surface area contributed by atoms with Crippen LogP contribution in [0.15, 0.2) is 18.3 Å². The summed E-state index contributed by atoms with van der Waals surface area (Å²) in [4.78, 5) is 21.9. The molecule has 41 heavy (non-hydrogen) atoms. The van der Waals surface area contributed by atoms with Gasteiger partial charge in [0.2, 0.25) is 0 Å². The predicted molar refractivity (Wildman–Crippen MR) is 139 cm³/mol. The topological polar surface area (TPSA) is 111 Å². The summed E-state index contributed by atoms with van der Waals surface area (Å²) in [5, 5.41) is 0. The third-order valence-corrected chi connectivity index (χ3v) is 7.37. The number of hydrogen-bond acceptors (Lipinski definition) is 7. The second kappa shape index (κ2) is 12.5. The average Bonchev–Trinajstić information content (AvgIpc) is 3.61. The second-order valence-corrected chi connectivity index (χ2v) is 12.0. The lowest BCUT2D eigenvalue weighted by Gasteiger charge is -2.27. The molecule has 230 valence electrons. The first-order valence-corrected chi connectivity index (χ1v) is 14.6. The highest BCUT2D eigenvalue weighted by molar-refractivity contribution is 7.88. The molecular weight excluding hydrogens is 577 g/mol. The molecule has 0 saturated carbocycles. The van der Waals surface area contributed by atoms with Crippen molar-refractivity contribution in [2.24, 2.45) is 5.92 Å². The van der Waals surface area contributed by atoms with Gasteiger partial charge < -0.3 is 18.6 Å². The quantitative estimate of drug-likeness (QED) is 0.220. The third kappa shape index (κ3) is 7.67. The van der Waals surface area contributed by atoms with Crippen molar-refractivity contribution >= 4 is 16.2 Å². The Balaban J connectivity index is 0.00000226. The molecule has 2 unspecified atom stereocenters. The Bertz CT molecular complexity index is 1320. The fraction of sp³-hybridized carbons (Fsp3) is 0.615. The van der Waals surface area contributed by atoms with Crippen LogP contribution in [0, 0.1) is 5.92 Å². The number of likely N-dealkylation sites (tertiary alicyclic amines) is 1. The molecule has 2 aliphatic rings. The summed E-state index contributed by atoms with van der Waals surface area (Å²) in [6.07, 6.45) is 2.51. The van der Waals surface area contributed by atoms with Crippen LogP contribution < -0.4 is 4.18 Å². The molecule has 1 aromatic carbocycles. The number of nitrogens with zero attached hydrogens (tertiary/aromatic N) is 2. The minimum absolute atomic E-state index is 0.109. The summed E-state index contributed by atoms with van der Waals surface area (Å²) in [6.45, 7) is 5.99. The number of carbonyl (C=O) groups is 1. The van der Waals surface area contributed by atoms with E-state index in [1.807, 2.05) is 13.8 Å². The summed E-state index contributed by atoms with van der Waals surface area (Å²) < 4.78 is 101. The molecule has 1 amide bonds. The lowest BCUT2D eigenvalue weighted by molar-refractivity contribution is -0.137. The Labute approximate surface area is 235 Å². The summed E-state index contributed by atoms with van der Waals surface area (Å²) in [6, 6.07) is 1.98. The van der Waals surface area contributed by atoms with Crippen molar-refractivity contribution in [3.63, 3.8) is 0 Å². The standard InChI is InChI=1S/C24H28F5N3O6S.C2H6/c1-23(2,3)37-22(33)32-11-13(12-36-21(25)26)9-18(32)20-30-10-17(31-20)15-7-8-19(16-6-4-5-14(15)16)38-39(34,35)24(27,28)29;1-2/h7-8,10,13,18,21H,4-6,9,11-12H2,1-3H3,(H,30,31);1-2H3. The maximum absolute atomic E-state index is 12.9. The Hall–Kier alpha value is -2.94. The number of nitrogens with one attached hydrogen (secondary N) is 1. The first-order chi connectivity index (χ1) is 19.1. The van der Waals surface area contributed by atoms with Crippen LogP contribution in [0.25, 0.3) is 11.3 Å². The first-order valence-electron chi connectivity index (χ1n) is 13.2. The largest absolute Gasteiger partial charge is 0.534 e. The molecule has 1 aromatic heterocycles. The van der Waals surface area contributed by atoms with Crippen LogP contribution in [0.3, 0.4) is 0 Å². The number of hydrogen-bond donors (Lipinski definition) is 1. The fourth-order valence-electron chi connectivity index (χ4n) is 4.85. The molecule has 0 spiro atoms. The molecule has 1 aliphatic carbocycles. The molecule has 1 fully saturated rings. The Kier molecular flexibility index (Phi) is 9.94. The lowest BCUT2D eigenvalue weighted by atomic mass is 10.0. The van der Waals surface area contributed by atoms with Gasteiger partial charge in [-0.3, -0.25) is 4.90 Å². The Morgan fingerprint density at radius 2 is 1.80 bits per heavy atom. The van der Waals surface area contributed by atoms with E-state index >= 15 is 0 Å². The number of imidazole rings is 1. The summed E-state index contributed by atoms with van der Waals surface area (Å²) >= 11 is 0. The number of aromatic amines is 1. The highest BCUT2D eigenvalue weighted by Gasteiger charge is 2.49. The van der Waals surface area contributed by atoms with E-state index in [1.54, 1.807) is 20.8 Å². The number of fused-ring (bicyclic) bond motifs is 1. The number of alkyl halides is 5. The predicted octanol–water partition coefficient (Wildman–Crippen LogP) is 6.36. The van der Waals surface area contributed by atoms with Crippen LogP contribution in [0.2, 0.25) is 0 Å². The van der Waals surface area contributed by atoms with E-state index in [0.29, 0.717) is 47.5 Å². The number of amides is 1. The molecule has 0 radical (unpaired) electrons. The van der Waals surface area contributed by atoms with Crippen molar-refractivity contribution in [1.82, 2.24) is 14.9 Å². The van der Waals surface area contributed by atoms with Gasteiger partial charge in [0.15, 0.2) is 0 Å². The van der Waals surface area contributed by atoms with Gasteiger partial charge in [-0.05, 0) is 69.7 Å². The smallest absolute Gasteiger partial charge is 0.444 e. The molecule has 9 nitrogen and oxygen atoms in total. The van der Waals surface area contributed by atoms with E-state index in [1.165, 1.54) is 23.2 Å². The van der Waals surface area contributed by atoms with Crippen LogP contribution >= 0.6 is 0 Å². The van der Waals surface area contributed by atoms with Gasteiger partial charge in [0.1, 0.15) is 17.2 Å². The maximum Gasteiger partial charge on any atom is 0.534 e. The zero-order valence-electron chi connectivity index (χ0n) is 23.3. The number of aromatic nitrogens is 2. The van der Waals surface area contributed by atoms with Crippen molar-refractivity contribution in [3.8, 4) is 17.0 Å². The van der Waals surface area contributed by atoms with Gasteiger partial charge in [-0.15, -0.1) is 0 Å². The molecule has 4 rings (SSSR count). The first kappa shape index (κ1) is 32.6. The second-order valence-electron chi connectivity index (χ2n) is 10.4. The molecule has 0 bridgehead atoms. The van der Waals surface area contributed by atoms with Gasteiger partial charge in [-0.2, -0.15) is 30.4 Å². The van der Waals surface area contributed by atoms with Crippen LogP contribution in [0.4, 0.5) is 26.7 Å². The molecule has 15 heteroatoms. The monoisotopic (exact) mass is 611 g/mol. The van der Waals surface area contributed by atoms with E-state index in [2.05, 4.69) is 18.9 Å². The lowest BCUT2D eigenvalue weighted by Crippen LogP contribution is -2.37. The molecule has 2 aromatic rings. The van der Waals surface area contributed by atoms with Crippen molar-refractivity contribution in [3.05, 3.63) is 35.3 Å². The highest BCUT2D eigenvalue weighted by Crippen LogP contribution is 2.41. The average molecular weight is 612 g/mol. The molecule has 2 heterocycles. The summed E-state index contributed by atoms with van der Waals surface area (Å²) in [5.74, 6) is -0.416. The van der Waals surface area contributed by atoms with E-state index in [4.69, 9.17) is 4.74 Å². The molecule has 2 atom stereocenters. The number of rotatable bonds is 7. The van der Waals surface area contributed by atoms with Crippen molar-refractivity contribution in [2.45, 2.75) is 84.1 Å². The molecule has 1 aliphatic heterocycles. The Morgan fingerprint density at radius 1 is 1.15 bits per heavy atom. The zero-order valence-corrected chi connectivity index (χ0v) is 24.2.